The predicted molar refractivity (Wildman–Crippen MR) is 69.0 cm³/mol. The molecule has 7 heteroatoms. The highest BCUT2D eigenvalue weighted by atomic mass is 19.3. The molecular formula is C13H12F3N3O. The van der Waals surface area contributed by atoms with Crippen molar-refractivity contribution in [3.8, 4) is 5.75 Å². The molecule has 2 aromatic rings. The van der Waals surface area contributed by atoms with E-state index in [9.17, 15) is 13.2 Å². The lowest BCUT2D eigenvalue weighted by Crippen LogP contribution is -2.07. The summed E-state index contributed by atoms with van der Waals surface area (Å²) in [5.41, 5.74) is 6.97. The van der Waals surface area contributed by atoms with Crippen LogP contribution in [0.1, 0.15) is 5.56 Å². The van der Waals surface area contributed by atoms with Crippen LogP contribution in [0.2, 0.25) is 0 Å². The standard InChI is InChI=1S/C13H12F3N3O/c14-9-5-10(17)11(6-12(9)20-13(15)16)19-7-8-1-3-18-4-2-8/h1-6,13,19H,7,17H2. The highest BCUT2D eigenvalue weighted by Crippen LogP contribution is 2.29. The Labute approximate surface area is 113 Å². The van der Waals surface area contributed by atoms with Gasteiger partial charge in [-0.25, -0.2) is 4.39 Å². The maximum atomic E-state index is 13.4. The van der Waals surface area contributed by atoms with Crippen molar-refractivity contribution in [1.29, 1.82) is 0 Å². The number of anilines is 2. The molecule has 0 aliphatic heterocycles. The predicted octanol–water partition coefficient (Wildman–Crippen LogP) is 3.02. The Bertz CT molecular complexity index is 579. The first kappa shape index (κ1) is 14.0. The number of nitrogens with zero attached hydrogens (tertiary/aromatic N) is 1. The fraction of sp³-hybridized carbons (Fsp3) is 0.154. The summed E-state index contributed by atoms with van der Waals surface area (Å²) < 4.78 is 41.7. The number of hydrogen-bond acceptors (Lipinski definition) is 4. The van der Waals surface area contributed by atoms with Gasteiger partial charge in [0.05, 0.1) is 11.4 Å². The van der Waals surface area contributed by atoms with Gasteiger partial charge in [-0.1, -0.05) is 0 Å². The van der Waals surface area contributed by atoms with E-state index in [0.29, 0.717) is 12.2 Å². The minimum atomic E-state index is -3.10. The topological polar surface area (TPSA) is 60.2 Å². The van der Waals surface area contributed by atoms with Crippen LogP contribution in [0.15, 0.2) is 36.7 Å². The van der Waals surface area contributed by atoms with E-state index < -0.39 is 18.2 Å². The van der Waals surface area contributed by atoms with Gasteiger partial charge in [0.2, 0.25) is 0 Å². The molecule has 0 aliphatic carbocycles. The van der Waals surface area contributed by atoms with Crippen molar-refractivity contribution in [3.63, 3.8) is 0 Å². The Kier molecular flexibility index (Phi) is 4.29. The molecule has 4 nitrogen and oxygen atoms in total. The van der Waals surface area contributed by atoms with Crippen molar-refractivity contribution in [2.45, 2.75) is 13.2 Å². The van der Waals surface area contributed by atoms with Gasteiger partial charge >= 0.3 is 6.61 Å². The second kappa shape index (κ2) is 6.14. The van der Waals surface area contributed by atoms with Gasteiger partial charge < -0.3 is 15.8 Å². The Morgan fingerprint density at radius 2 is 1.95 bits per heavy atom. The van der Waals surface area contributed by atoms with E-state index in [1.807, 2.05) is 0 Å². The lowest BCUT2D eigenvalue weighted by atomic mass is 10.2. The summed E-state index contributed by atoms with van der Waals surface area (Å²) >= 11 is 0. The number of ether oxygens (including phenoxy) is 1. The fourth-order valence-corrected chi connectivity index (χ4v) is 1.61. The summed E-state index contributed by atoms with van der Waals surface area (Å²) in [5.74, 6) is -1.48. The van der Waals surface area contributed by atoms with Crippen LogP contribution in [0.5, 0.6) is 5.75 Å². The number of benzene rings is 1. The van der Waals surface area contributed by atoms with Gasteiger partial charge in [-0.05, 0) is 17.7 Å². The van der Waals surface area contributed by atoms with Gasteiger partial charge in [0, 0.05) is 31.1 Å². The molecule has 106 valence electrons. The largest absolute Gasteiger partial charge is 0.432 e. The quantitative estimate of drug-likeness (QED) is 0.828. The average molecular weight is 283 g/mol. The maximum absolute atomic E-state index is 13.4. The molecule has 3 N–H and O–H groups in total. The first-order valence-electron chi connectivity index (χ1n) is 5.73. The molecule has 20 heavy (non-hydrogen) atoms. The van der Waals surface area contributed by atoms with Crippen LogP contribution >= 0.6 is 0 Å². The van der Waals surface area contributed by atoms with E-state index in [2.05, 4.69) is 15.0 Å². The number of hydrogen-bond donors (Lipinski definition) is 2. The van der Waals surface area contributed by atoms with Crippen LogP contribution in [0.4, 0.5) is 24.5 Å². The highest BCUT2D eigenvalue weighted by molar-refractivity contribution is 5.68. The highest BCUT2D eigenvalue weighted by Gasteiger charge is 2.13. The molecule has 0 saturated heterocycles. The zero-order valence-corrected chi connectivity index (χ0v) is 10.3. The Morgan fingerprint density at radius 3 is 2.60 bits per heavy atom. The Balaban J connectivity index is 2.14. The molecule has 1 aromatic heterocycles. The summed E-state index contributed by atoms with van der Waals surface area (Å²) in [4.78, 5) is 3.87. The van der Waals surface area contributed by atoms with Crippen molar-refractivity contribution < 1.29 is 17.9 Å². The summed E-state index contributed by atoms with van der Waals surface area (Å²) in [7, 11) is 0. The average Bonchev–Trinajstić information content (AvgIpc) is 2.41. The molecule has 0 fully saturated rings. The van der Waals surface area contributed by atoms with E-state index in [4.69, 9.17) is 5.73 Å². The Hall–Kier alpha value is -2.44. The van der Waals surface area contributed by atoms with Crippen LogP contribution < -0.4 is 15.8 Å². The number of rotatable bonds is 5. The van der Waals surface area contributed by atoms with Crippen molar-refractivity contribution in [3.05, 3.63) is 48.0 Å². The summed E-state index contributed by atoms with van der Waals surface area (Å²) in [6, 6.07) is 5.61. The molecule has 0 aliphatic rings. The van der Waals surface area contributed by atoms with Crippen LogP contribution in [-0.4, -0.2) is 11.6 Å². The van der Waals surface area contributed by atoms with Gasteiger partial charge in [0.15, 0.2) is 11.6 Å². The second-order valence-corrected chi connectivity index (χ2v) is 3.96. The molecule has 0 unspecified atom stereocenters. The number of aromatic nitrogens is 1. The van der Waals surface area contributed by atoms with Crippen molar-refractivity contribution >= 4 is 11.4 Å². The van der Waals surface area contributed by atoms with Crippen LogP contribution in [0, 0.1) is 5.82 Å². The first-order valence-corrected chi connectivity index (χ1v) is 5.73. The number of pyridine rings is 1. The Morgan fingerprint density at radius 1 is 1.25 bits per heavy atom. The van der Waals surface area contributed by atoms with E-state index in [-0.39, 0.29) is 5.69 Å². The molecule has 1 heterocycles. The lowest BCUT2D eigenvalue weighted by Gasteiger charge is -2.12. The molecule has 0 saturated carbocycles. The van der Waals surface area contributed by atoms with Crippen LogP contribution in [0.3, 0.4) is 0 Å². The monoisotopic (exact) mass is 283 g/mol. The van der Waals surface area contributed by atoms with Crippen molar-refractivity contribution in [2.75, 3.05) is 11.1 Å². The summed E-state index contributed by atoms with van der Waals surface area (Å²) in [6.45, 7) is -2.70. The van der Waals surface area contributed by atoms with Crippen molar-refractivity contribution in [2.24, 2.45) is 0 Å². The number of alkyl halides is 2. The van der Waals surface area contributed by atoms with Gasteiger partial charge in [0.25, 0.3) is 0 Å². The van der Waals surface area contributed by atoms with Gasteiger partial charge in [-0.3, -0.25) is 4.98 Å². The van der Waals surface area contributed by atoms with Crippen LogP contribution in [-0.2, 0) is 6.54 Å². The number of nitrogens with one attached hydrogen (secondary N) is 1. The molecule has 0 radical (unpaired) electrons. The van der Waals surface area contributed by atoms with E-state index >= 15 is 0 Å². The third-order valence-electron chi connectivity index (χ3n) is 2.55. The third-order valence-corrected chi connectivity index (χ3v) is 2.55. The molecule has 2 rings (SSSR count). The van der Waals surface area contributed by atoms with Crippen molar-refractivity contribution in [1.82, 2.24) is 4.98 Å². The first-order chi connectivity index (χ1) is 9.56. The molecule has 0 amide bonds. The maximum Gasteiger partial charge on any atom is 0.387 e. The number of nitrogen functional groups attached to an aromatic ring is 1. The van der Waals surface area contributed by atoms with E-state index in [1.54, 1.807) is 24.5 Å². The summed E-state index contributed by atoms with van der Waals surface area (Å²) in [5, 5.41) is 2.93. The minimum Gasteiger partial charge on any atom is -0.432 e. The van der Waals surface area contributed by atoms with E-state index in [0.717, 1.165) is 17.7 Å². The molecule has 1 aromatic carbocycles. The van der Waals surface area contributed by atoms with Gasteiger partial charge in [-0.2, -0.15) is 8.78 Å². The summed E-state index contributed by atoms with van der Waals surface area (Å²) in [6.07, 6.45) is 3.24. The number of nitrogens with two attached hydrogens (primary N) is 1. The molecular weight excluding hydrogens is 271 g/mol. The van der Waals surface area contributed by atoms with Crippen LogP contribution in [0.25, 0.3) is 0 Å². The van der Waals surface area contributed by atoms with Gasteiger partial charge in [0.1, 0.15) is 0 Å². The minimum absolute atomic E-state index is 0.109. The second-order valence-electron chi connectivity index (χ2n) is 3.96. The zero-order valence-electron chi connectivity index (χ0n) is 10.3. The molecule has 0 bridgehead atoms. The van der Waals surface area contributed by atoms with E-state index in [1.165, 1.54) is 0 Å². The smallest absolute Gasteiger partial charge is 0.387 e. The van der Waals surface area contributed by atoms with Gasteiger partial charge in [-0.15, -0.1) is 0 Å². The normalized spacial score (nSPS) is 10.6. The third kappa shape index (κ3) is 3.53. The number of halogens is 3. The molecule has 0 atom stereocenters. The lowest BCUT2D eigenvalue weighted by molar-refractivity contribution is -0.0521. The fourth-order valence-electron chi connectivity index (χ4n) is 1.61. The zero-order chi connectivity index (χ0) is 14.5. The molecule has 0 spiro atoms. The SMILES string of the molecule is Nc1cc(F)c(OC(F)F)cc1NCc1ccncc1.